The van der Waals surface area contributed by atoms with Crippen molar-refractivity contribution >= 4 is 0 Å². The Bertz CT molecular complexity index is 682. The molecular weight excluding hydrogens is 314 g/mol. The first-order valence-corrected chi connectivity index (χ1v) is 10.8. The molecule has 1 aromatic carbocycles. The maximum Gasteiger partial charge on any atom is 0.0308 e. The summed E-state index contributed by atoms with van der Waals surface area (Å²) >= 11 is 0. The maximum atomic E-state index is 4.51. The number of nitrogens with zero attached hydrogens (tertiary/aromatic N) is 1. The first-order chi connectivity index (χ1) is 12.7. The number of benzene rings is 1. The second kappa shape index (κ2) is 9.35. The molecule has 1 heteroatoms. The SMILES string of the molecule is CCCCc1ccccc1-c1ccncc1C(C)C1CCC(CC)CC1. The highest BCUT2D eigenvalue weighted by atomic mass is 14.6. The number of rotatable bonds is 7. The Morgan fingerprint density at radius 1 is 1.00 bits per heavy atom. The lowest BCUT2D eigenvalue weighted by Crippen LogP contribution is -2.19. The molecule has 0 bridgehead atoms. The van der Waals surface area contributed by atoms with E-state index in [2.05, 4.69) is 62.3 Å². The number of hydrogen-bond donors (Lipinski definition) is 0. The van der Waals surface area contributed by atoms with Crippen LogP contribution in [0.5, 0.6) is 0 Å². The van der Waals surface area contributed by atoms with E-state index >= 15 is 0 Å². The predicted molar refractivity (Wildman–Crippen MR) is 112 cm³/mol. The van der Waals surface area contributed by atoms with Crippen molar-refractivity contribution < 1.29 is 0 Å². The fraction of sp³-hybridized carbons (Fsp3) is 0.560. The fourth-order valence-electron chi connectivity index (χ4n) is 4.73. The van der Waals surface area contributed by atoms with E-state index in [1.54, 1.807) is 0 Å². The normalized spacial score (nSPS) is 21.5. The first-order valence-electron chi connectivity index (χ1n) is 10.8. The molecule has 2 aromatic rings. The second-order valence-electron chi connectivity index (χ2n) is 8.20. The topological polar surface area (TPSA) is 12.9 Å². The van der Waals surface area contributed by atoms with Crippen molar-refractivity contribution in [2.75, 3.05) is 0 Å². The molecule has 1 fully saturated rings. The zero-order valence-electron chi connectivity index (χ0n) is 16.9. The molecular formula is C25H35N. The van der Waals surface area contributed by atoms with Crippen LogP contribution in [0.15, 0.2) is 42.7 Å². The summed E-state index contributed by atoms with van der Waals surface area (Å²) in [6.45, 7) is 7.06. The van der Waals surface area contributed by atoms with Crippen LogP contribution in [0.1, 0.15) is 82.8 Å². The van der Waals surface area contributed by atoms with Crippen LogP contribution in [0, 0.1) is 11.8 Å². The van der Waals surface area contributed by atoms with Gasteiger partial charge in [0.05, 0.1) is 0 Å². The number of hydrogen-bond acceptors (Lipinski definition) is 1. The van der Waals surface area contributed by atoms with Crippen molar-refractivity contribution in [3.63, 3.8) is 0 Å². The number of aromatic nitrogens is 1. The minimum absolute atomic E-state index is 0.593. The van der Waals surface area contributed by atoms with Crippen LogP contribution in [0.3, 0.4) is 0 Å². The van der Waals surface area contributed by atoms with Crippen LogP contribution in [-0.4, -0.2) is 4.98 Å². The average Bonchev–Trinajstić information content (AvgIpc) is 2.72. The molecule has 3 rings (SSSR count). The van der Waals surface area contributed by atoms with Gasteiger partial charge < -0.3 is 0 Å². The third-order valence-corrected chi connectivity index (χ3v) is 6.63. The molecule has 1 unspecified atom stereocenters. The molecule has 1 heterocycles. The van der Waals surface area contributed by atoms with Crippen molar-refractivity contribution in [1.82, 2.24) is 4.98 Å². The molecule has 0 radical (unpaired) electrons. The van der Waals surface area contributed by atoms with E-state index in [4.69, 9.17) is 0 Å². The van der Waals surface area contributed by atoms with Crippen molar-refractivity contribution in [3.05, 3.63) is 53.9 Å². The van der Waals surface area contributed by atoms with E-state index in [0.29, 0.717) is 5.92 Å². The predicted octanol–water partition coefficient (Wildman–Crippen LogP) is 7.41. The summed E-state index contributed by atoms with van der Waals surface area (Å²) in [4.78, 5) is 4.51. The summed E-state index contributed by atoms with van der Waals surface area (Å²) in [7, 11) is 0. The molecule has 140 valence electrons. The third kappa shape index (κ3) is 4.37. The molecule has 0 aliphatic heterocycles. The zero-order chi connectivity index (χ0) is 18.4. The molecule has 0 amide bonds. The summed E-state index contributed by atoms with van der Waals surface area (Å²) in [5.74, 6) is 2.36. The second-order valence-corrected chi connectivity index (χ2v) is 8.20. The van der Waals surface area contributed by atoms with Crippen molar-refractivity contribution in [3.8, 4) is 11.1 Å². The Kier molecular flexibility index (Phi) is 6.88. The maximum absolute atomic E-state index is 4.51. The molecule has 1 aromatic heterocycles. The van der Waals surface area contributed by atoms with E-state index in [-0.39, 0.29) is 0 Å². The van der Waals surface area contributed by atoms with E-state index < -0.39 is 0 Å². The minimum atomic E-state index is 0.593. The molecule has 0 saturated heterocycles. The van der Waals surface area contributed by atoms with Gasteiger partial charge >= 0.3 is 0 Å². The summed E-state index contributed by atoms with van der Waals surface area (Å²) in [5, 5.41) is 0. The summed E-state index contributed by atoms with van der Waals surface area (Å²) < 4.78 is 0. The lowest BCUT2D eigenvalue weighted by atomic mass is 9.73. The lowest BCUT2D eigenvalue weighted by molar-refractivity contribution is 0.244. The average molecular weight is 350 g/mol. The van der Waals surface area contributed by atoms with Gasteiger partial charge in [-0.15, -0.1) is 0 Å². The van der Waals surface area contributed by atoms with Gasteiger partial charge in [-0.2, -0.15) is 0 Å². The minimum Gasteiger partial charge on any atom is -0.264 e. The van der Waals surface area contributed by atoms with Gasteiger partial charge in [0.2, 0.25) is 0 Å². The van der Waals surface area contributed by atoms with Crippen LogP contribution in [0.2, 0.25) is 0 Å². The van der Waals surface area contributed by atoms with E-state index in [9.17, 15) is 0 Å². The van der Waals surface area contributed by atoms with Gasteiger partial charge in [-0.25, -0.2) is 0 Å². The van der Waals surface area contributed by atoms with Gasteiger partial charge in [-0.1, -0.05) is 70.7 Å². The molecule has 1 nitrogen and oxygen atoms in total. The van der Waals surface area contributed by atoms with Gasteiger partial charge in [0.25, 0.3) is 0 Å². The van der Waals surface area contributed by atoms with Gasteiger partial charge in [-0.05, 0) is 71.8 Å². The Morgan fingerprint density at radius 3 is 2.50 bits per heavy atom. The molecule has 1 saturated carbocycles. The molecule has 1 aliphatic rings. The van der Waals surface area contributed by atoms with Crippen molar-refractivity contribution in [2.45, 2.75) is 78.1 Å². The smallest absolute Gasteiger partial charge is 0.0308 e. The summed E-state index contributed by atoms with van der Waals surface area (Å²) in [6, 6.07) is 11.2. The fourth-order valence-corrected chi connectivity index (χ4v) is 4.73. The Morgan fingerprint density at radius 2 is 1.77 bits per heavy atom. The molecule has 0 N–H and O–H groups in total. The van der Waals surface area contributed by atoms with Gasteiger partial charge in [0.15, 0.2) is 0 Å². The zero-order valence-corrected chi connectivity index (χ0v) is 16.9. The highest BCUT2D eigenvalue weighted by Crippen LogP contribution is 2.42. The quantitative estimate of drug-likeness (QED) is 0.507. The number of aryl methyl sites for hydroxylation is 1. The molecule has 26 heavy (non-hydrogen) atoms. The first kappa shape index (κ1) is 19.1. The highest BCUT2D eigenvalue weighted by Gasteiger charge is 2.27. The molecule has 1 atom stereocenters. The van der Waals surface area contributed by atoms with E-state index in [1.165, 1.54) is 73.6 Å². The molecule has 1 aliphatic carbocycles. The van der Waals surface area contributed by atoms with Crippen molar-refractivity contribution in [2.24, 2.45) is 11.8 Å². The standard InChI is InChI=1S/C25H35N/c1-4-6-9-22-10-7-8-11-23(22)24-16-17-26-18-25(24)19(3)21-14-12-20(5-2)13-15-21/h7-8,10-11,16-21H,4-6,9,12-15H2,1-3H3. The van der Waals surface area contributed by atoms with Crippen LogP contribution in [0.4, 0.5) is 0 Å². The highest BCUT2D eigenvalue weighted by molar-refractivity contribution is 5.71. The van der Waals surface area contributed by atoms with E-state index in [1.807, 2.05) is 6.20 Å². The number of unbranched alkanes of at least 4 members (excludes halogenated alkanes) is 1. The van der Waals surface area contributed by atoms with Crippen LogP contribution in [0.25, 0.3) is 11.1 Å². The van der Waals surface area contributed by atoms with E-state index in [0.717, 1.165) is 11.8 Å². The van der Waals surface area contributed by atoms with Crippen LogP contribution in [-0.2, 0) is 6.42 Å². The Balaban J connectivity index is 1.87. The van der Waals surface area contributed by atoms with Crippen molar-refractivity contribution in [1.29, 1.82) is 0 Å². The largest absolute Gasteiger partial charge is 0.264 e. The van der Waals surface area contributed by atoms with Gasteiger partial charge in [0, 0.05) is 12.4 Å². The summed E-state index contributed by atoms with van der Waals surface area (Å²) in [6.07, 6.45) is 14.7. The number of pyridine rings is 1. The lowest BCUT2D eigenvalue weighted by Gasteiger charge is -2.33. The Hall–Kier alpha value is -1.63. The van der Waals surface area contributed by atoms with Crippen LogP contribution >= 0.6 is 0 Å². The Labute approximate surface area is 160 Å². The third-order valence-electron chi connectivity index (χ3n) is 6.63. The van der Waals surface area contributed by atoms with Gasteiger partial charge in [0.1, 0.15) is 0 Å². The van der Waals surface area contributed by atoms with Gasteiger partial charge in [-0.3, -0.25) is 4.98 Å². The monoisotopic (exact) mass is 349 g/mol. The van der Waals surface area contributed by atoms with Crippen LogP contribution < -0.4 is 0 Å². The summed E-state index contributed by atoms with van der Waals surface area (Å²) in [5.41, 5.74) is 5.78. The molecule has 0 spiro atoms.